The van der Waals surface area contributed by atoms with Crippen molar-refractivity contribution in [3.8, 4) is 5.75 Å². The van der Waals surface area contributed by atoms with Crippen LogP contribution >= 0.6 is 0 Å². The van der Waals surface area contributed by atoms with Crippen molar-refractivity contribution in [3.05, 3.63) is 18.2 Å². The molecule has 1 aromatic carbocycles. The van der Waals surface area contributed by atoms with Crippen molar-refractivity contribution < 1.29 is 4.74 Å². The molecule has 2 aromatic rings. The Morgan fingerprint density at radius 2 is 2.25 bits per heavy atom. The number of methoxy groups -OCH3 is 1. The molecule has 1 saturated carbocycles. The van der Waals surface area contributed by atoms with Gasteiger partial charge in [0, 0.05) is 19.1 Å². The number of nitrogens with zero attached hydrogens (tertiary/aromatic N) is 3. The fourth-order valence-corrected chi connectivity index (χ4v) is 2.81. The second-order valence-corrected chi connectivity index (χ2v) is 5.31. The normalized spacial score (nSPS) is 15.2. The van der Waals surface area contributed by atoms with E-state index in [0.29, 0.717) is 5.95 Å². The third-order valence-corrected chi connectivity index (χ3v) is 4.07. The minimum absolute atomic E-state index is 0.566. The summed E-state index contributed by atoms with van der Waals surface area (Å²) in [7, 11) is 1.66. The van der Waals surface area contributed by atoms with Crippen LogP contribution in [-0.2, 0) is 6.54 Å². The van der Waals surface area contributed by atoms with Crippen LogP contribution in [-0.4, -0.2) is 40.7 Å². The van der Waals surface area contributed by atoms with Crippen molar-refractivity contribution >= 4 is 17.0 Å². The number of likely N-dealkylation sites (N-methyl/N-ethyl adjacent to an activating group) is 1. The molecular weight excluding hydrogens is 252 g/mol. The van der Waals surface area contributed by atoms with Gasteiger partial charge in [-0.1, -0.05) is 13.0 Å². The van der Waals surface area contributed by atoms with E-state index < -0.39 is 0 Å². The zero-order valence-electron chi connectivity index (χ0n) is 12.2. The Morgan fingerprint density at radius 1 is 1.45 bits per heavy atom. The third-order valence-electron chi connectivity index (χ3n) is 4.07. The van der Waals surface area contributed by atoms with E-state index in [-0.39, 0.29) is 0 Å². The van der Waals surface area contributed by atoms with Crippen LogP contribution in [0.3, 0.4) is 0 Å². The summed E-state index contributed by atoms with van der Waals surface area (Å²) in [5.74, 6) is 1.35. The van der Waals surface area contributed by atoms with Crippen molar-refractivity contribution in [1.29, 1.82) is 0 Å². The van der Waals surface area contributed by atoms with Crippen LogP contribution in [0.1, 0.15) is 19.8 Å². The molecule has 20 heavy (non-hydrogen) atoms. The van der Waals surface area contributed by atoms with Crippen LogP contribution in [0.15, 0.2) is 18.2 Å². The van der Waals surface area contributed by atoms with Gasteiger partial charge < -0.3 is 15.0 Å². The van der Waals surface area contributed by atoms with E-state index >= 15 is 0 Å². The maximum absolute atomic E-state index is 6.07. The third kappa shape index (κ3) is 2.33. The summed E-state index contributed by atoms with van der Waals surface area (Å²) >= 11 is 0. The number of rotatable bonds is 6. The fourth-order valence-electron chi connectivity index (χ4n) is 2.81. The largest absolute Gasteiger partial charge is 0.494 e. The first-order valence-corrected chi connectivity index (χ1v) is 7.27. The van der Waals surface area contributed by atoms with Gasteiger partial charge in [-0.3, -0.25) is 4.90 Å². The molecule has 0 radical (unpaired) electrons. The summed E-state index contributed by atoms with van der Waals surface area (Å²) in [6.45, 7) is 5.21. The second kappa shape index (κ2) is 5.32. The lowest BCUT2D eigenvalue weighted by Crippen LogP contribution is -2.29. The van der Waals surface area contributed by atoms with Gasteiger partial charge in [0.15, 0.2) is 0 Å². The molecule has 5 nitrogen and oxygen atoms in total. The Balaban J connectivity index is 1.85. The van der Waals surface area contributed by atoms with Crippen molar-refractivity contribution in [1.82, 2.24) is 14.5 Å². The van der Waals surface area contributed by atoms with Crippen LogP contribution in [0, 0.1) is 0 Å². The number of imidazole rings is 1. The van der Waals surface area contributed by atoms with Crippen LogP contribution in [0.25, 0.3) is 11.0 Å². The molecule has 1 aromatic heterocycles. The molecule has 2 N–H and O–H groups in total. The van der Waals surface area contributed by atoms with Gasteiger partial charge >= 0.3 is 0 Å². The van der Waals surface area contributed by atoms with E-state index in [2.05, 4.69) is 27.4 Å². The molecule has 0 atom stereocenters. The first kappa shape index (κ1) is 13.2. The number of nitrogens with two attached hydrogens (primary N) is 1. The van der Waals surface area contributed by atoms with E-state index in [1.165, 1.54) is 12.8 Å². The standard InChI is InChI=1S/C15H22N4O/c1-3-18(11-7-8-11)9-10-19-12-5-4-6-13(20-2)14(12)17-15(19)16/h4-6,11H,3,7-10H2,1-2H3,(H2,16,17). The van der Waals surface area contributed by atoms with Crippen molar-refractivity contribution in [2.45, 2.75) is 32.4 Å². The van der Waals surface area contributed by atoms with Crippen LogP contribution < -0.4 is 10.5 Å². The topological polar surface area (TPSA) is 56.3 Å². The number of nitrogen functional groups attached to an aromatic ring is 1. The van der Waals surface area contributed by atoms with Gasteiger partial charge in [-0.2, -0.15) is 0 Å². The molecule has 1 aliphatic carbocycles. The number of anilines is 1. The van der Waals surface area contributed by atoms with Crippen LogP contribution in [0.4, 0.5) is 5.95 Å². The Morgan fingerprint density at radius 3 is 2.90 bits per heavy atom. The molecule has 0 spiro atoms. The molecule has 108 valence electrons. The summed E-state index contributed by atoms with van der Waals surface area (Å²) in [6, 6.07) is 6.73. The van der Waals surface area contributed by atoms with Gasteiger partial charge in [-0.25, -0.2) is 4.98 Å². The van der Waals surface area contributed by atoms with Gasteiger partial charge in [0.1, 0.15) is 11.3 Å². The van der Waals surface area contributed by atoms with E-state index in [0.717, 1.165) is 42.5 Å². The number of benzene rings is 1. The quantitative estimate of drug-likeness (QED) is 0.876. The molecule has 0 amide bonds. The zero-order chi connectivity index (χ0) is 14.1. The highest BCUT2D eigenvalue weighted by Gasteiger charge is 2.27. The average molecular weight is 274 g/mol. The number of para-hydroxylation sites is 1. The van der Waals surface area contributed by atoms with Gasteiger partial charge in [0.2, 0.25) is 5.95 Å². The van der Waals surface area contributed by atoms with Crippen molar-refractivity contribution in [3.63, 3.8) is 0 Å². The summed E-state index contributed by atoms with van der Waals surface area (Å²) in [5.41, 5.74) is 7.97. The lowest BCUT2D eigenvalue weighted by atomic mass is 10.3. The number of hydrogen-bond donors (Lipinski definition) is 1. The van der Waals surface area contributed by atoms with E-state index in [1.54, 1.807) is 7.11 Å². The minimum atomic E-state index is 0.566. The van der Waals surface area contributed by atoms with Gasteiger partial charge in [0.05, 0.1) is 12.6 Å². The smallest absolute Gasteiger partial charge is 0.201 e. The maximum atomic E-state index is 6.07. The van der Waals surface area contributed by atoms with E-state index in [9.17, 15) is 0 Å². The molecule has 1 aliphatic rings. The molecule has 0 aliphatic heterocycles. The zero-order valence-corrected chi connectivity index (χ0v) is 12.2. The predicted molar refractivity (Wildman–Crippen MR) is 81.0 cm³/mol. The summed E-state index contributed by atoms with van der Waals surface area (Å²) in [5, 5.41) is 0. The van der Waals surface area contributed by atoms with E-state index in [4.69, 9.17) is 10.5 Å². The lowest BCUT2D eigenvalue weighted by molar-refractivity contribution is 0.268. The number of fused-ring (bicyclic) bond motifs is 1. The molecule has 1 heterocycles. The van der Waals surface area contributed by atoms with Gasteiger partial charge in [-0.15, -0.1) is 0 Å². The van der Waals surface area contributed by atoms with Crippen LogP contribution in [0.2, 0.25) is 0 Å². The lowest BCUT2D eigenvalue weighted by Gasteiger charge is -2.20. The fraction of sp³-hybridized carbons (Fsp3) is 0.533. The molecule has 0 unspecified atom stereocenters. The first-order valence-electron chi connectivity index (χ1n) is 7.27. The van der Waals surface area contributed by atoms with Gasteiger partial charge in [0.25, 0.3) is 0 Å². The predicted octanol–water partition coefficient (Wildman–Crippen LogP) is 2.11. The highest BCUT2D eigenvalue weighted by atomic mass is 16.5. The molecule has 5 heteroatoms. The molecule has 1 fully saturated rings. The summed E-state index contributed by atoms with van der Waals surface area (Å²) in [4.78, 5) is 6.96. The van der Waals surface area contributed by atoms with Gasteiger partial charge in [-0.05, 0) is 31.5 Å². The highest BCUT2D eigenvalue weighted by Crippen LogP contribution is 2.28. The summed E-state index contributed by atoms with van der Waals surface area (Å²) < 4.78 is 7.44. The summed E-state index contributed by atoms with van der Waals surface area (Å²) in [6.07, 6.45) is 2.67. The maximum Gasteiger partial charge on any atom is 0.201 e. The Labute approximate surface area is 119 Å². The monoisotopic (exact) mass is 274 g/mol. The molecule has 0 bridgehead atoms. The van der Waals surface area contributed by atoms with Crippen LogP contribution in [0.5, 0.6) is 5.75 Å². The SMILES string of the molecule is CCN(CCn1c(N)nc2c(OC)cccc21)C1CC1. The number of hydrogen-bond acceptors (Lipinski definition) is 4. The Bertz CT molecular complexity index is 603. The Hall–Kier alpha value is -1.75. The average Bonchev–Trinajstić information content (AvgIpc) is 3.24. The molecule has 0 saturated heterocycles. The van der Waals surface area contributed by atoms with E-state index in [1.807, 2.05) is 12.1 Å². The highest BCUT2D eigenvalue weighted by molar-refractivity contribution is 5.84. The molecule has 3 rings (SSSR count). The van der Waals surface area contributed by atoms with Crippen molar-refractivity contribution in [2.75, 3.05) is 25.9 Å². The second-order valence-electron chi connectivity index (χ2n) is 5.31. The van der Waals surface area contributed by atoms with Crippen molar-refractivity contribution in [2.24, 2.45) is 0 Å². The number of ether oxygens (including phenoxy) is 1. The number of aromatic nitrogens is 2. The minimum Gasteiger partial charge on any atom is -0.494 e. The Kier molecular flexibility index (Phi) is 3.53. The molecular formula is C15H22N4O. The first-order chi connectivity index (χ1) is 9.74.